The van der Waals surface area contributed by atoms with Crippen molar-refractivity contribution in [1.29, 1.82) is 0 Å². The van der Waals surface area contributed by atoms with E-state index in [1.54, 1.807) is 0 Å². The molecule has 0 aromatic carbocycles. The third-order valence-corrected chi connectivity index (χ3v) is 3.02. The summed E-state index contributed by atoms with van der Waals surface area (Å²) in [6.45, 7) is 5.49. The monoisotopic (exact) mass is 285 g/mol. The SMILES string of the molecule is C=N/C(C)=C(\C=C1\C=CC(OSCl)=CC1)CCO. The quantitative estimate of drug-likeness (QED) is 0.594. The minimum Gasteiger partial charge on any atom is -0.410 e. The zero-order valence-corrected chi connectivity index (χ0v) is 11.8. The number of halogens is 1. The Morgan fingerprint density at radius 2 is 2.44 bits per heavy atom. The largest absolute Gasteiger partial charge is 0.410 e. The van der Waals surface area contributed by atoms with Crippen molar-refractivity contribution >= 4 is 28.7 Å². The lowest BCUT2D eigenvalue weighted by Gasteiger charge is -2.10. The van der Waals surface area contributed by atoms with Crippen LogP contribution in [0.2, 0.25) is 0 Å². The van der Waals surface area contributed by atoms with Gasteiger partial charge in [0.05, 0.1) is 0 Å². The van der Waals surface area contributed by atoms with Crippen LogP contribution in [-0.4, -0.2) is 18.4 Å². The maximum Gasteiger partial charge on any atom is 0.166 e. The van der Waals surface area contributed by atoms with E-state index in [4.69, 9.17) is 20.0 Å². The molecule has 0 aromatic heterocycles. The van der Waals surface area contributed by atoms with Crippen molar-refractivity contribution in [2.45, 2.75) is 19.8 Å². The molecule has 0 bridgehead atoms. The normalized spacial score (nSPS) is 18.4. The Balaban J connectivity index is 2.80. The maximum absolute atomic E-state index is 9.03. The number of aliphatic hydroxyl groups is 1. The average molecular weight is 286 g/mol. The molecule has 0 atom stereocenters. The highest BCUT2D eigenvalue weighted by atomic mass is 35.7. The standard InChI is InChI=1S/C13H16ClNO2S/c1-10(15-2)12(7-8-16)9-11-3-5-13(6-4-11)17-18-14/h3,5-6,9,16H,2,4,7-8H2,1H3/b11-9-,12-10-. The van der Waals surface area contributed by atoms with Gasteiger partial charge in [-0.15, -0.1) is 0 Å². The van der Waals surface area contributed by atoms with Crippen molar-refractivity contribution in [2.75, 3.05) is 6.61 Å². The summed E-state index contributed by atoms with van der Waals surface area (Å²) < 4.78 is 5.10. The molecule has 0 radical (unpaired) electrons. The molecule has 98 valence electrons. The van der Waals surface area contributed by atoms with Gasteiger partial charge in [-0.25, -0.2) is 0 Å². The molecule has 18 heavy (non-hydrogen) atoms. The first-order valence-electron chi connectivity index (χ1n) is 5.52. The summed E-state index contributed by atoms with van der Waals surface area (Å²) in [4.78, 5) is 3.91. The lowest BCUT2D eigenvalue weighted by Crippen LogP contribution is -1.93. The second kappa shape index (κ2) is 8.19. The number of allylic oxidation sites excluding steroid dienone is 6. The third kappa shape index (κ3) is 4.72. The molecule has 0 fully saturated rings. The van der Waals surface area contributed by atoms with Gasteiger partial charge < -0.3 is 9.29 Å². The van der Waals surface area contributed by atoms with Crippen LogP contribution in [0, 0.1) is 0 Å². The molecule has 0 aromatic rings. The summed E-state index contributed by atoms with van der Waals surface area (Å²) in [5, 5.41) is 9.03. The van der Waals surface area contributed by atoms with Crippen molar-refractivity contribution < 1.29 is 9.29 Å². The smallest absolute Gasteiger partial charge is 0.166 e. The second-order valence-corrected chi connectivity index (χ2v) is 4.42. The summed E-state index contributed by atoms with van der Waals surface area (Å²) in [5.74, 6) is 0.749. The van der Waals surface area contributed by atoms with E-state index < -0.39 is 0 Å². The molecule has 1 rings (SSSR count). The molecular weight excluding hydrogens is 270 g/mol. The van der Waals surface area contributed by atoms with Crippen LogP contribution < -0.4 is 0 Å². The number of hydrogen-bond acceptors (Lipinski definition) is 4. The van der Waals surface area contributed by atoms with Crippen LogP contribution in [0.4, 0.5) is 0 Å². The first kappa shape index (κ1) is 15.1. The average Bonchev–Trinajstić information content (AvgIpc) is 2.40. The minimum absolute atomic E-state index is 0.1000. The Morgan fingerprint density at radius 3 is 2.94 bits per heavy atom. The summed E-state index contributed by atoms with van der Waals surface area (Å²) in [7, 11) is 5.41. The van der Waals surface area contributed by atoms with Crippen molar-refractivity contribution in [1.82, 2.24) is 0 Å². The Labute approximate surface area is 116 Å². The molecule has 0 heterocycles. The zero-order chi connectivity index (χ0) is 13.4. The third-order valence-electron chi connectivity index (χ3n) is 2.57. The van der Waals surface area contributed by atoms with Gasteiger partial charge in [-0.2, -0.15) is 0 Å². The van der Waals surface area contributed by atoms with Gasteiger partial charge in [-0.05, 0) is 49.8 Å². The van der Waals surface area contributed by atoms with E-state index in [1.807, 2.05) is 31.2 Å². The molecule has 1 aliphatic rings. The van der Waals surface area contributed by atoms with Crippen LogP contribution in [0.5, 0.6) is 0 Å². The van der Waals surface area contributed by atoms with Gasteiger partial charge >= 0.3 is 0 Å². The number of aliphatic hydroxyl groups excluding tert-OH is 1. The van der Waals surface area contributed by atoms with Crippen molar-refractivity contribution in [3.63, 3.8) is 0 Å². The highest BCUT2D eigenvalue weighted by Gasteiger charge is 2.05. The van der Waals surface area contributed by atoms with Gasteiger partial charge in [0.1, 0.15) is 5.76 Å². The summed E-state index contributed by atoms with van der Waals surface area (Å²) in [6, 6.07) is 0. The van der Waals surface area contributed by atoms with E-state index in [-0.39, 0.29) is 6.61 Å². The molecule has 1 aliphatic carbocycles. The van der Waals surface area contributed by atoms with Crippen molar-refractivity contribution in [3.05, 3.63) is 46.9 Å². The van der Waals surface area contributed by atoms with Crippen LogP contribution in [0.25, 0.3) is 0 Å². The highest BCUT2D eigenvalue weighted by molar-refractivity contribution is 8.17. The molecule has 0 unspecified atom stereocenters. The Bertz CT molecular complexity index is 425. The molecule has 5 heteroatoms. The molecule has 0 spiro atoms. The molecular formula is C13H16ClNO2S. The van der Waals surface area contributed by atoms with Gasteiger partial charge in [0, 0.05) is 23.0 Å². The van der Waals surface area contributed by atoms with Gasteiger partial charge in [-0.3, -0.25) is 4.99 Å². The van der Waals surface area contributed by atoms with Gasteiger partial charge in [0.25, 0.3) is 0 Å². The fourth-order valence-corrected chi connectivity index (χ4v) is 1.97. The van der Waals surface area contributed by atoms with Crippen LogP contribution in [0.1, 0.15) is 19.8 Å². The first-order valence-corrected chi connectivity index (χ1v) is 7.09. The predicted molar refractivity (Wildman–Crippen MR) is 78.4 cm³/mol. The van der Waals surface area contributed by atoms with Gasteiger partial charge in [0.2, 0.25) is 0 Å². The van der Waals surface area contributed by atoms with E-state index in [1.165, 1.54) is 0 Å². The number of nitrogens with zero attached hydrogens (tertiary/aromatic N) is 1. The van der Waals surface area contributed by atoms with E-state index in [9.17, 15) is 0 Å². The van der Waals surface area contributed by atoms with Crippen LogP contribution in [-0.2, 0) is 4.18 Å². The Morgan fingerprint density at radius 1 is 1.67 bits per heavy atom. The topological polar surface area (TPSA) is 41.8 Å². The Hall–Kier alpha value is -0.970. The number of hydrogen-bond donors (Lipinski definition) is 1. The fraction of sp³-hybridized carbons (Fsp3) is 0.308. The molecule has 3 nitrogen and oxygen atoms in total. The number of aliphatic imine (C=N–C) groups is 1. The summed E-state index contributed by atoms with van der Waals surface area (Å²) in [5.41, 5.74) is 2.97. The lowest BCUT2D eigenvalue weighted by atomic mass is 10.0. The summed E-state index contributed by atoms with van der Waals surface area (Å²) in [6.07, 6.45) is 9.15. The molecule has 0 aliphatic heterocycles. The van der Waals surface area contributed by atoms with Crippen LogP contribution >= 0.6 is 21.9 Å². The van der Waals surface area contributed by atoms with Crippen LogP contribution in [0.3, 0.4) is 0 Å². The van der Waals surface area contributed by atoms with E-state index >= 15 is 0 Å². The molecule has 0 saturated carbocycles. The summed E-state index contributed by atoms with van der Waals surface area (Å²) >= 11 is 0.808. The molecule has 0 amide bonds. The fourth-order valence-electron chi connectivity index (χ4n) is 1.55. The first-order chi connectivity index (χ1) is 8.71. The van der Waals surface area contributed by atoms with E-state index in [0.29, 0.717) is 6.42 Å². The predicted octanol–water partition coefficient (Wildman–Crippen LogP) is 3.93. The van der Waals surface area contributed by atoms with Crippen LogP contribution in [0.15, 0.2) is 51.9 Å². The molecule has 0 saturated heterocycles. The Kier molecular flexibility index (Phi) is 6.86. The second-order valence-electron chi connectivity index (χ2n) is 3.75. The number of rotatable bonds is 6. The minimum atomic E-state index is 0.1000. The lowest BCUT2D eigenvalue weighted by molar-refractivity contribution is 0.300. The van der Waals surface area contributed by atoms with Gasteiger partial charge in [0.15, 0.2) is 11.3 Å². The van der Waals surface area contributed by atoms with Crippen molar-refractivity contribution in [2.24, 2.45) is 4.99 Å². The maximum atomic E-state index is 9.03. The highest BCUT2D eigenvalue weighted by Crippen LogP contribution is 2.24. The van der Waals surface area contributed by atoms with Gasteiger partial charge in [-0.1, -0.05) is 12.2 Å². The zero-order valence-electron chi connectivity index (χ0n) is 10.2. The molecule has 1 N–H and O–H groups in total. The van der Waals surface area contributed by atoms with Crippen molar-refractivity contribution in [3.8, 4) is 0 Å². The van der Waals surface area contributed by atoms with E-state index in [0.717, 1.165) is 40.3 Å². The van der Waals surface area contributed by atoms with E-state index in [2.05, 4.69) is 11.7 Å².